The number of esters is 1. The van der Waals surface area contributed by atoms with Crippen LogP contribution in [-0.2, 0) is 38.8 Å². The van der Waals surface area contributed by atoms with Gasteiger partial charge in [0.15, 0.2) is 0 Å². The molecule has 13 heteroatoms. The molecule has 0 unspecified atom stereocenters. The molecule has 1 heterocycles. The Hall–Kier alpha value is -4.00. The van der Waals surface area contributed by atoms with Crippen molar-refractivity contribution in [3.63, 3.8) is 0 Å². The van der Waals surface area contributed by atoms with Crippen LogP contribution in [0, 0.1) is 5.92 Å². The fraction of sp³-hybridized carbons (Fsp3) is 0.520. The standard InChI is InChI=1S/C25H38N8O5/c1-5-33-14-20(31-32-33)13-28-22(16(2)3)24(36)30-21(7-6-12-27-25(26)37)23(35)29-19-10-8-18(9-11-19)15-38-17(4)34/h8-11,14,16,21-22,28H,5-7,12-13,15H2,1-4H3,(H,29,35)(H,30,36)(H3,26,27,37)/t21-,22-/m0/s1. The number of nitrogens with one attached hydrogen (secondary N) is 4. The summed E-state index contributed by atoms with van der Waals surface area (Å²) in [5.41, 5.74) is 7.11. The van der Waals surface area contributed by atoms with Crippen LogP contribution in [0.3, 0.4) is 0 Å². The summed E-state index contributed by atoms with van der Waals surface area (Å²) in [5.74, 6) is -1.18. The van der Waals surface area contributed by atoms with Gasteiger partial charge in [-0.15, -0.1) is 5.10 Å². The zero-order valence-corrected chi connectivity index (χ0v) is 22.3. The minimum absolute atomic E-state index is 0.0683. The summed E-state index contributed by atoms with van der Waals surface area (Å²) in [4.78, 5) is 48.4. The Kier molecular flexibility index (Phi) is 12.2. The number of carbonyl (C=O) groups is 4. The third-order valence-electron chi connectivity index (χ3n) is 5.63. The monoisotopic (exact) mass is 530 g/mol. The van der Waals surface area contributed by atoms with E-state index in [-0.39, 0.29) is 37.4 Å². The molecule has 2 rings (SSSR count). The number of urea groups is 1. The van der Waals surface area contributed by atoms with Gasteiger partial charge in [-0.3, -0.25) is 24.4 Å². The van der Waals surface area contributed by atoms with Gasteiger partial charge in [0.2, 0.25) is 11.8 Å². The first-order valence-corrected chi connectivity index (χ1v) is 12.6. The van der Waals surface area contributed by atoms with Gasteiger partial charge in [-0.25, -0.2) is 4.79 Å². The lowest BCUT2D eigenvalue weighted by Gasteiger charge is -2.25. The highest BCUT2D eigenvalue weighted by Crippen LogP contribution is 2.13. The third kappa shape index (κ3) is 10.5. The Balaban J connectivity index is 2.05. The van der Waals surface area contributed by atoms with Gasteiger partial charge < -0.3 is 26.4 Å². The molecule has 0 aliphatic carbocycles. The van der Waals surface area contributed by atoms with Crippen LogP contribution in [0.4, 0.5) is 10.5 Å². The van der Waals surface area contributed by atoms with Gasteiger partial charge in [-0.05, 0) is 43.4 Å². The number of carbonyl (C=O) groups excluding carboxylic acids is 4. The minimum atomic E-state index is -0.859. The predicted octanol–water partition coefficient (Wildman–Crippen LogP) is 1.05. The second-order valence-corrected chi connectivity index (χ2v) is 9.13. The van der Waals surface area contributed by atoms with Crippen molar-refractivity contribution in [2.45, 2.75) is 72.3 Å². The van der Waals surface area contributed by atoms with E-state index in [9.17, 15) is 19.2 Å². The number of nitrogens with zero attached hydrogens (tertiary/aromatic N) is 3. The van der Waals surface area contributed by atoms with E-state index in [1.807, 2.05) is 27.0 Å². The van der Waals surface area contributed by atoms with Crippen molar-refractivity contribution in [2.24, 2.45) is 11.7 Å². The van der Waals surface area contributed by atoms with Crippen molar-refractivity contribution in [1.82, 2.24) is 30.9 Å². The minimum Gasteiger partial charge on any atom is -0.461 e. The average Bonchev–Trinajstić information content (AvgIpc) is 3.33. The summed E-state index contributed by atoms with van der Waals surface area (Å²) in [6, 6.07) is 4.74. The van der Waals surface area contributed by atoms with Crippen molar-refractivity contribution < 1.29 is 23.9 Å². The number of primary amides is 1. The number of hydrogen-bond acceptors (Lipinski definition) is 8. The number of rotatable bonds is 15. The molecule has 0 fully saturated rings. The van der Waals surface area contributed by atoms with E-state index >= 15 is 0 Å². The molecule has 1 aromatic heterocycles. The van der Waals surface area contributed by atoms with Gasteiger partial charge in [0, 0.05) is 38.4 Å². The average molecular weight is 531 g/mol. The first-order valence-electron chi connectivity index (χ1n) is 12.6. The van der Waals surface area contributed by atoms with Crippen molar-refractivity contribution >= 4 is 29.5 Å². The van der Waals surface area contributed by atoms with E-state index in [0.717, 1.165) is 5.56 Å². The molecule has 208 valence electrons. The molecule has 0 radical (unpaired) electrons. The summed E-state index contributed by atoms with van der Waals surface area (Å²) in [5, 5.41) is 19.4. The highest BCUT2D eigenvalue weighted by Gasteiger charge is 2.27. The van der Waals surface area contributed by atoms with Crippen molar-refractivity contribution in [3.8, 4) is 0 Å². The van der Waals surface area contributed by atoms with Gasteiger partial charge in [-0.1, -0.05) is 31.2 Å². The molecular weight excluding hydrogens is 492 g/mol. The Morgan fingerprint density at radius 1 is 1.11 bits per heavy atom. The number of aryl methyl sites for hydroxylation is 1. The molecule has 0 saturated heterocycles. The van der Waals surface area contributed by atoms with Crippen molar-refractivity contribution in [1.29, 1.82) is 0 Å². The quantitative estimate of drug-likeness (QED) is 0.167. The van der Waals surface area contributed by atoms with Crippen LogP contribution < -0.4 is 27.0 Å². The molecule has 0 bridgehead atoms. The lowest BCUT2D eigenvalue weighted by molar-refractivity contribution is -0.142. The molecule has 4 amide bonds. The lowest BCUT2D eigenvalue weighted by atomic mass is 10.0. The van der Waals surface area contributed by atoms with Crippen LogP contribution in [0.15, 0.2) is 30.5 Å². The molecule has 0 spiro atoms. The van der Waals surface area contributed by atoms with Gasteiger partial charge in [0.05, 0.1) is 11.7 Å². The topological polar surface area (TPSA) is 182 Å². The van der Waals surface area contributed by atoms with Gasteiger partial charge in [0.1, 0.15) is 12.6 Å². The second-order valence-electron chi connectivity index (χ2n) is 9.13. The number of hydrogen-bond donors (Lipinski definition) is 5. The molecule has 1 aromatic carbocycles. The molecule has 13 nitrogen and oxygen atoms in total. The Bertz CT molecular complexity index is 1070. The Morgan fingerprint density at radius 3 is 2.39 bits per heavy atom. The van der Waals surface area contributed by atoms with Crippen LogP contribution in [0.5, 0.6) is 0 Å². The van der Waals surface area contributed by atoms with Crippen LogP contribution >= 0.6 is 0 Å². The van der Waals surface area contributed by atoms with E-state index in [0.29, 0.717) is 30.9 Å². The molecule has 0 aliphatic rings. The maximum atomic E-state index is 13.2. The normalized spacial score (nSPS) is 12.4. The zero-order valence-electron chi connectivity index (χ0n) is 22.3. The van der Waals surface area contributed by atoms with Crippen LogP contribution in [-0.4, -0.2) is 57.4 Å². The van der Waals surface area contributed by atoms with E-state index < -0.39 is 24.0 Å². The van der Waals surface area contributed by atoms with E-state index in [1.165, 1.54) is 6.92 Å². The summed E-state index contributed by atoms with van der Waals surface area (Å²) < 4.78 is 6.67. The maximum absolute atomic E-state index is 13.2. The lowest BCUT2D eigenvalue weighted by Crippen LogP contribution is -2.53. The van der Waals surface area contributed by atoms with Crippen LogP contribution in [0.1, 0.15) is 51.8 Å². The fourth-order valence-corrected chi connectivity index (χ4v) is 3.57. The van der Waals surface area contributed by atoms with Gasteiger partial charge in [0.25, 0.3) is 0 Å². The van der Waals surface area contributed by atoms with E-state index in [2.05, 4.69) is 31.6 Å². The van der Waals surface area contributed by atoms with Gasteiger partial charge in [-0.2, -0.15) is 0 Å². The number of benzene rings is 1. The molecule has 38 heavy (non-hydrogen) atoms. The summed E-state index contributed by atoms with van der Waals surface area (Å²) in [6.45, 7) is 8.53. The first-order chi connectivity index (χ1) is 18.1. The van der Waals surface area contributed by atoms with E-state index in [1.54, 1.807) is 28.9 Å². The summed E-state index contributed by atoms with van der Waals surface area (Å²) >= 11 is 0. The molecule has 2 aromatic rings. The maximum Gasteiger partial charge on any atom is 0.312 e. The molecule has 6 N–H and O–H groups in total. The summed E-state index contributed by atoms with van der Waals surface area (Å²) in [6.07, 6.45) is 2.50. The number of aromatic nitrogens is 3. The highest BCUT2D eigenvalue weighted by atomic mass is 16.5. The highest BCUT2D eigenvalue weighted by molar-refractivity contribution is 5.97. The Labute approximate surface area is 222 Å². The van der Waals surface area contributed by atoms with Crippen molar-refractivity contribution in [2.75, 3.05) is 11.9 Å². The zero-order chi connectivity index (χ0) is 28.1. The molecule has 0 saturated carbocycles. The predicted molar refractivity (Wildman–Crippen MR) is 140 cm³/mol. The van der Waals surface area contributed by atoms with E-state index in [4.69, 9.17) is 10.5 Å². The fourth-order valence-electron chi connectivity index (χ4n) is 3.57. The van der Waals surface area contributed by atoms with Crippen LogP contribution in [0.25, 0.3) is 0 Å². The summed E-state index contributed by atoms with van der Waals surface area (Å²) in [7, 11) is 0. The molecule has 2 atom stereocenters. The SMILES string of the molecule is CCn1cc(CN[C@H](C(=O)N[C@@H](CCCNC(N)=O)C(=O)Nc2ccc(COC(C)=O)cc2)C(C)C)nn1. The Morgan fingerprint density at radius 2 is 1.82 bits per heavy atom. The van der Waals surface area contributed by atoms with Gasteiger partial charge >= 0.3 is 12.0 Å². The van der Waals surface area contributed by atoms with Crippen molar-refractivity contribution in [3.05, 3.63) is 41.7 Å². The largest absolute Gasteiger partial charge is 0.461 e. The number of amides is 4. The second kappa shape index (κ2) is 15.3. The van der Waals surface area contributed by atoms with Crippen LogP contribution in [0.2, 0.25) is 0 Å². The molecule has 0 aliphatic heterocycles. The third-order valence-corrected chi connectivity index (χ3v) is 5.63. The number of nitrogens with two attached hydrogens (primary N) is 1. The molecular formula is C25H38N8O5. The number of anilines is 1. The smallest absolute Gasteiger partial charge is 0.312 e. The first kappa shape index (κ1) is 30.2. The number of ether oxygens (including phenoxy) is 1.